The average Bonchev–Trinajstić information content (AvgIpc) is 2.62. The third-order valence-corrected chi connectivity index (χ3v) is 4.70. The third kappa shape index (κ3) is 0.933. The fraction of sp³-hybridized carbons (Fsp3) is 0.769. The Morgan fingerprint density at radius 3 is 3.07 bits per heavy atom. The highest BCUT2D eigenvalue weighted by Crippen LogP contribution is 2.57. The Morgan fingerprint density at radius 2 is 2.21 bits per heavy atom. The molecule has 2 saturated carbocycles. The van der Waals surface area contributed by atoms with Gasteiger partial charge in [0.2, 0.25) is 0 Å². The predicted molar refractivity (Wildman–Crippen MR) is 55.9 cm³/mol. The number of hydrogen-bond donors (Lipinski definition) is 0. The van der Waals surface area contributed by atoms with Crippen molar-refractivity contribution in [3.05, 3.63) is 11.6 Å². The van der Waals surface area contributed by atoms with Crippen molar-refractivity contribution >= 4 is 5.78 Å². The number of rotatable bonds is 0. The normalized spacial score (nSPS) is 46.1. The fourth-order valence-corrected chi connectivity index (χ4v) is 4.05. The molecule has 1 nitrogen and oxygen atoms in total. The Labute approximate surface area is 85.6 Å². The molecule has 3 unspecified atom stereocenters. The second kappa shape index (κ2) is 2.71. The molecule has 3 rings (SSSR count). The molecule has 0 saturated heterocycles. The molecule has 2 fully saturated rings. The monoisotopic (exact) mass is 190 g/mol. The van der Waals surface area contributed by atoms with Crippen molar-refractivity contribution in [1.82, 2.24) is 0 Å². The van der Waals surface area contributed by atoms with E-state index in [2.05, 4.69) is 13.0 Å². The summed E-state index contributed by atoms with van der Waals surface area (Å²) in [4.78, 5) is 12.3. The minimum Gasteiger partial charge on any atom is -0.299 e. The van der Waals surface area contributed by atoms with Gasteiger partial charge in [0.15, 0.2) is 0 Å². The Morgan fingerprint density at radius 1 is 1.36 bits per heavy atom. The molecule has 0 N–H and O–H groups in total. The minimum absolute atomic E-state index is 0.114. The van der Waals surface area contributed by atoms with Crippen LogP contribution in [0.5, 0.6) is 0 Å². The van der Waals surface area contributed by atoms with Crippen LogP contribution >= 0.6 is 0 Å². The quantitative estimate of drug-likeness (QED) is 0.536. The Bertz CT molecular complexity index is 315. The van der Waals surface area contributed by atoms with Gasteiger partial charge in [0.05, 0.1) is 0 Å². The van der Waals surface area contributed by atoms with Crippen molar-refractivity contribution in [1.29, 1.82) is 0 Å². The summed E-state index contributed by atoms with van der Waals surface area (Å²) in [5.74, 6) is 1.60. The molecule has 1 spiro atoms. The summed E-state index contributed by atoms with van der Waals surface area (Å²) in [6, 6.07) is 0. The molecule has 3 aliphatic carbocycles. The van der Waals surface area contributed by atoms with Gasteiger partial charge in [-0.25, -0.2) is 0 Å². The second-order valence-corrected chi connectivity index (χ2v) is 5.47. The van der Waals surface area contributed by atoms with E-state index in [0.29, 0.717) is 17.6 Å². The summed E-state index contributed by atoms with van der Waals surface area (Å²) in [7, 11) is 0. The zero-order chi connectivity index (χ0) is 9.76. The summed E-state index contributed by atoms with van der Waals surface area (Å²) >= 11 is 0. The van der Waals surface area contributed by atoms with Crippen molar-refractivity contribution in [2.45, 2.75) is 45.4 Å². The summed E-state index contributed by atoms with van der Waals surface area (Å²) in [6.07, 6.45) is 9.53. The van der Waals surface area contributed by atoms with Crippen molar-refractivity contribution < 1.29 is 4.79 Å². The number of fused-ring (bicyclic) bond motifs is 1. The van der Waals surface area contributed by atoms with Crippen LogP contribution in [0.2, 0.25) is 0 Å². The maximum atomic E-state index is 12.3. The predicted octanol–water partition coefficient (Wildman–Crippen LogP) is 3.10. The first kappa shape index (κ1) is 8.70. The van der Waals surface area contributed by atoms with Crippen molar-refractivity contribution in [3.8, 4) is 0 Å². The van der Waals surface area contributed by atoms with Gasteiger partial charge in [0.1, 0.15) is 5.78 Å². The summed E-state index contributed by atoms with van der Waals surface area (Å²) in [5.41, 5.74) is 1.58. The van der Waals surface area contributed by atoms with E-state index in [9.17, 15) is 4.79 Å². The lowest BCUT2D eigenvalue weighted by Gasteiger charge is -2.26. The van der Waals surface area contributed by atoms with Crippen LogP contribution in [-0.2, 0) is 4.79 Å². The van der Waals surface area contributed by atoms with E-state index >= 15 is 0 Å². The Balaban J connectivity index is 2.09. The zero-order valence-corrected chi connectivity index (χ0v) is 8.88. The van der Waals surface area contributed by atoms with Crippen LogP contribution in [0, 0.1) is 17.3 Å². The van der Waals surface area contributed by atoms with Gasteiger partial charge in [-0.15, -0.1) is 0 Å². The molecule has 76 valence electrons. The van der Waals surface area contributed by atoms with Crippen LogP contribution in [0.1, 0.15) is 45.4 Å². The lowest BCUT2D eigenvalue weighted by atomic mass is 9.75. The fourth-order valence-electron chi connectivity index (χ4n) is 4.05. The number of carbonyl (C=O) groups excluding carboxylic acids is 1. The highest BCUT2D eigenvalue weighted by atomic mass is 16.1. The van der Waals surface area contributed by atoms with Gasteiger partial charge in [-0.2, -0.15) is 0 Å². The molecule has 3 atom stereocenters. The molecular weight excluding hydrogens is 172 g/mol. The molecule has 0 aromatic carbocycles. The molecule has 0 aromatic rings. The molecule has 0 aliphatic heterocycles. The van der Waals surface area contributed by atoms with Gasteiger partial charge in [-0.05, 0) is 44.9 Å². The lowest BCUT2D eigenvalue weighted by molar-refractivity contribution is -0.129. The molecule has 1 heteroatoms. The second-order valence-electron chi connectivity index (χ2n) is 5.47. The van der Waals surface area contributed by atoms with E-state index in [1.807, 2.05) is 0 Å². The standard InChI is InChI=1S/C13H18O/c1-9-7-10-4-6-13(12(10)14)5-2-3-11(13)8-9/h8,10-11H,2-7H2,1H3. The van der Waals surface area contributed by atoms with Crippen LogP contribution < -0.4 is 0 Å². The minimum atomic E-state index is 0.114. The van der Waals surface area contributed by atoms with Crippen LogP contribution in [-0.4, -0.2) is 5.78 Å². The van der Waals surface area contributed by atoms with Crippen molar-refractivity contribution in [2.24, 2.45) is 17.3 Å². The maximum absolute atomic E-state index is 12.3. The topological polar surface area (TPSA) is 17.1 Å². The van der Waals surface area contributed by atoms with Gasteiger partial charge in [-0.3, -0.25) is 4.79 Å². The van der Waals surface area contributed by atoms with Gasteiger partial charge in [0.25, 0.3) is 0 Å². The smallest absolute Gasteiger partial charge is 0.143 e. The first-order valence-corrected chi connectivity index (χ1v) is 5.94. The number of hydrogen-bond acceptors (Lipinski definition) is 1. The molecule has 0 amide bonds. The van der Waals surface area contributed by atoms with Gasteiger partial charge in [-0.1, -0.05) is 18.1 Å². The highest BCUT2D eigenvalue weighted by Gasteiger charge is 2.54. The van der Waals surface area contributed by atoms with E-state index in [4.69, 9.17) is 0 Å². The summed E-state index contributed by atoms with van der Waals surface area (Å²) in [6.45, 7) is 2.21. The molecular formula is C13H18O. The third-order valence-electron chi connectivity index (χ3n) is 4.70. The molecule has 0 heterocycles. The summed E-state index contributed by atoms with van der Waals surface area (Å²) in [5, 5.41) is 0. The number of carbonyl (C=O) groups is 1. The van der Waals surface area contributed by atoms with Gasteiger partial charge < -0.3 is 0 Å². The van der Waals surface area contributed by atoms with Crippen molar-refractivity contribution in [3.63, 3.8) is 0 Å². The van der Waals surface area contributed by atoms with Crippen LogP contribution in [0.4, 0.5) is 0 Å². The first-order valence-electron chi connectivity index (χ1n) is 5.94. The largest absolute Gasteiger partial charge is 0.299 e. The molecule has 3 aliphatic rings. The Hall–Kier alpha value is -0.590. The van der Waals surface area contributed by atoms with E-state index in [0.717, 1.165) is 6.42 Å². The summed E-state index contributed by atoms with van der Waals surface area (Å²) < 4.78 is 0. The number of allylic oxidation sites excluding steroid dienone is 2. The van der Waals surface area contributed by atoms with Crippen LogP contribution in [0.25, 0.3) is 0 Å². The van der Waals surface area contributed by atoms with Crippen LogP contribution in [0.15, 0.2) is 11.6 Å². The first-order chi connectivity index (χ1) is 6.72. The van der Waals surface area contributed by atoms with E-state index in [1.54, 1.807) is 0 Å². The van der Waals surface area contributed by atoms with E-state index < -0.39 is 0 Å². The highest BCUT2D eigenvalue weighted by molar-refractivity contribution is 5.90. The zero-order valence-electron chi connectivity index (χ0n) is 8.88. The average molecular weight is 190 g/mol. The van der Waals surface area contributed by atoms with Crippen LogP contribution in [0.3, 0.4) is 0 Å². The Kier molecular flexibility index (Phi) is 1.68. The van der Waals surface area contributed by atoms with E-state index in [-0.39, 0.29) is 5.41 Å². The lowest BCUT2D eigenvalue weighted by Crippen LogP contribution is -2.30. The molecule has 0 aromatic heterocycles. The molecule has 0 radical (unpaired) electrons. The van der Waals surface area contributed by atoms with E-state index in [1.165, 1.54) is 37.7 Å². The SMILES string of the molecule is CC1=CC2CCCC23CCC(C1)C3=O. The number of Topliss-reactive ketones (excluding diaryl/α,β-unsaturated/α-hetero) is 1. The molecule has 2 bridgehead atoms. The van der Waals surface area contributed by atoms with Gasteiger partial charge in [0, 0.05) is 11.3 Å². The number of ketones is 1. The van der Waals surface area contributed by atoms with Crippen molar-refractivity contribution in [2.75, 3.05) is 0 Å². The maximum Gasteiger partial charge on any atom is 0.143 e. The van der Waals surface area contributed by atoms with Gasteiger partial charge >= 0.3 is 0 Å². The molecule has 14 heavy (non-hydrogen) atoms.